The molecule has 11 heteroatoms. The van der Waals surface area contributed by atoms with Gasteiger partial charge >= 0.3 is 5.69 Å². The largest absolute Gasteiger partial charge is 0.493 e. The van der Waals surface area contributed by atoms with Gasteiger partial charge in [0.15, 0.2) is 11.5 Å². The van der Waals surface area contributed by atoms with E-state index in [1.54, 1.807) is 43.3 Å². The van der Waals surface area contributed by atoms with E-state index in [0.717, 1.165) is 0 Å². The minimum absolute atomic E-state index is 0.121. The number of sulfonamides is 1. The number of benzene rings is 2. The summed E-state index contributed by atoms with van der Waals surface area (Å²) in [5.74, 6) is 0.779. The molecule has 0 spiro atoms. The molecule has 0 radical (unpaired) electrons. The van der Waals surface area contributed by atoms with Crippen molar-refractivity contribution in [2.45, 2.75) is 4.90 Å². The van der Waals surface area contributed by atoms with Gasteiger partial charge in [0.05, 0.1) is 30.1 Å². The molecule has 2 aromatic carbocycles. The number of hydrogen-bond acceptors (Lipinski definition) is 6. The highest BCUT2D eigenvalue weighted by atomic mass is 32.2. The highest BCUT2D eigenvalue weighted by Crippen LogP contribution is 2.28. The van der Waals surface area contributed by atoms with Gasteiger partial charge in [0, 0.05) is 45.8 Å². The Morgan fingerprint density at radius 2 is 1.48 bits per heavy atom. The van der Waals surface area contributed by atoms with Gasteiger partial charge in [0.25, 0.3) is 5.91 Å². The van der Waals surface area contributed by atoms with Crippen molar-refractivity contribution in [3.05, 3.63) is 52.4 Å². The second-order valence-electron chi connectivity index (χ2n) is 7.82. The first-order chi connectivity index (χ1) is 15.7. The van der Waals surface area contributed by atoms with Gasteiger partial charge in [-0.1, -0.05) is 0 Å². The number of aryl methyl sites for hydroxylation is 2. The van der Waals surface area contributed by atoms with E-state index in [1.165, 1.54) is 39.8 Å². The first kappa shape index (κ1) is 22.9. The minimum atomic E-state index is -3.77. The predicted molar refractivity (Wildman–Crippen MR) is 122 cm³/mol. The third kappa shape index (κ3) is 3.87. The van der Waals surface area contributed by atoms with E-state index in [1.807, 2.05) is 0 Å². The summed E-state index contributed by atoms with van der Waals surface area (Å²) in [5.41, 5.74) is 1.43. The molecule has 1 aromatic heterocycles. The fraction of sp³-hybridized carbons (Fsp3) is 0.364. The van der Waals surface area contributed by atoms with Gasteiger partial charge in [-0.2, -0.15) is 4.31 Å². The molecule has 0 unspecified atom stereocenters. The first-order valence-corrected chi connectivity index (χ1v) is 11.8. The normalized spacial score (nSPS) is 15.1. The SMILES string of the molecule is COc1ccc(C(=O)N2CCN(S(=O)(=O)c3ccc4c(c3)n(C)c(=O)n4C)CC2)cc1OC. The molecular formula is C22H26N4O6S. The van der Waals surface area contributed by atoms with Gasteiger partial charge in [-0.25, -0.2) is 13.2 Å². The number of fused-ring (bicyclic) bond motifs is 1. The van der Waals surface area contributed by atoms with Crippen LogP contribution in [0.1, 0.15) is 10.4 Å². The molecule has 33 heavy (non-hydrogen) atoms. The minimum Gasteiger partial charge on any atom is -0.493 e. The van der Waals surface area contributed by atoms with E-state index in [9.17, 15) is 18.0 Å². The molecule has 1 amide bonds. The summed E-state index contributed by atoms with van der Waals surface area (Å²) in [7, 11) is 2.51. The van der Waals surface area contributed by atoms with Gasteiger partial charge in [-0.15, -0.1) is 0 Å². The van der Waals surface area contributed by atoms with Crippen LogP contribution in [-0.2, 0) is 24.1 Å². The molecule has 0 aliphatic carbocycles. The van der Waals surface area contributed by atoms with Crippen LogP contribution in [0.2, 0.25) is 0 Å². The molecule has 1 aliphatic rings. The Bertz CT molecular complexity index is 1380. The summed E-state index contributed by atoms with van der Waals surface area (Å²) >= 11 is 0. The van der Waals surface area contributed by atoms with Crippen LogP contribution in [0.15, 0.2) is 46.1 Å². The lowest BCUT2D eigenvalue weighted by Crippen LogP contribution is -2.50. The van der Waals surface area contributed by atoms with E-state index < -0.39 is 10.0 Å². The van der Waals surface area contributed by atoms with Crippen molar-refractivity contribution in [3.8, 4) is 11.5 Å². The summed E-state index contributed by atoms with van der Waals surface area (Å²) in [5, 5.41) is 0. The quantitative estimate of drug-likeness (QED) is 0.548. The number of imidazole rings is 1. The number of piperazine rings is 1. The van der Waals surface area contributed by atoms with Crippen LogP contribution in [0.3, 0.4) is 0 Å². The van der Waals surface area contributed by atoms with Crippen molar-refractivity contribution in [2.24, 2.45) is 14.1 Å². The lowest BCUT2D eigenvalue weighted by molar-refractivity contribution is 0.0697. The molecular weight excluding hydrogens is 448 g/mol. The molecule has 1 fully saturated rings. The first-order valence-electron chi connectivity index (χ1n) is 10.4. The Labute approximate surface area is 191 Å². The molecule has 2 heterocycles. The lowest BCUT2D eigenvalue weighted by Gasteiger charge is -2.34. The van der Waals surface area contributed by atoms with Crippen LogP contribution >= 0.6 is 0 Å². The molecule has 1 saturated heterocycles. The predicted octanol–water partition coefficient (Wildman–Crippen LogP) is 1.04. The van der Waals surface area contributed by atoms with E-state index in [4.69, 9.17) is 9.47 Å². The monoisotopic (exact) mass is 474 g/mol. The van der Waals surface area contributed by atoms with E-state index in [2.05, 4.69) is 0 Å². The van der Waals surface area contributed by atoms with Crippen LogP contribution in [0.4, 0.5) is 0 Å². The van der Waals surface area contributed by atoms with Gasteiger partial charge in [-0.3, -0.25) is 13.9 Å². The third-order valence-corrected chi connectivity index (χ3v) is 7.93. The van der Waals surface area contributed by atoms with Crippen molar-refractivity contribution < 1.29 is 22.7 Å². The number of hydrogen-bond donors (Lipinski definition) is 0. The molecule has 0 N–H and O–H groups in total. The Hall–Kier alpha value is -3.31. The summed E-state index contributed by atoms with van der Waals surface area (Å²) in [4.78, 5) is 26.8. The van der Waals surface area contributed by atoms with Crippen LogP contribution in [0, 0.1) is 0 Å². The summed E-state index contributed by atoms with van der Waals surface area (Å²) in [6.07, 6.45) is 0. The second-order valence-corrected chi connectivity index (χ2v) is 9.76. The highest BCUT2D eigenvalue weighted by molar-refractivity contribution is 7.89. The van der Waals surface area contributed by atoms with Crippen molar-refractivity contribution in [3.63, 3.8) is 0 Å². The standard InChI is InChI=1S/C22H26N4O6S/c1-23-17-7-6-16(14-18(17)24(2)22(23)28)33(29,30)26-11-9-25(10-12-26)21(27)15-5-8-19(31-3)20(13-15)32-4/h5-8,13-14H,9-12H2,1-4H3. The van der Waals surface area contributed by atoms with Gasteiger partial charge in [-0.05, 0) is 36.4 Å². The number of methoxy groups -OCH3 is 2. The molecule has 4 rings (SSSR count). The zero-order valence-electron chi connectivity index (χ0n) is 18.9. The molecule has 3 aromatic rings. The van der Waals surface area contributed by atoms with Crippen molar-refractivity contribution in [2.75, 3.05) is 40.4 Å². The smallest absolute Gasteiger partial charge is 0.328 e. The molecule has 0 saturated carbocycles. The molecule has 1 aliphatic heterocycles. The van der Waals surface area contributed by atoms with Crippen molar-refractivity contribution >= 4 is 27.0 Å². The van der Waals surface area contributed by atoms with Crippen LogP contribution in [0.5, 0.6) is 11.5 Å². The number of ether oxygens (including phenoxy) is 2. The molecule has 176 valence electrons. The maximum absolute atomic E-state index is 13.2. The molecule has 0 bridgehead atoms. The number of carbonyl (C=O) groups is 1. The second kappa shape index (κ2) is 8.56. The lowest BCUT2D eigenvalue weighted by atomic mass is 10.1. The Morgan fingerprint density at radius 3 is 2.12 bits per heavy atom. The fourth-order valence-electron chi connectivity index (χ4n) is 4.08. The maximum atomic E-state index is 13.2. The summed E-state index contributed by atoms with van der Waals surface area (Å²) in [6, 6.07) is 9.61. The van der Waals surface area contributed by atoms with Crippen LogP contribution in [0.25, 0.3) is 11.0 Å². The van der Waals surface area contributed by atoms with Gasteiger partial charge in [0.1, 0.15) is 0 Å². The van der Waals surface area contributed by atoms with Crippen LogP contribution < -0.4 is 15.2 Å². The fourth-order valence-corrected chi connectivity index (χ4v) is 5.52. The van der Waals surface area contributed by atoms with E-state index in [-0.39, 0.29) is 42.7 Å². The summed E-state index contributed by atoms with van der Waals surface area (Å²) < 4.78 is 41.2. The average molecular weight is 475 g/mol. The Kier molecular flexibility index (Phi) is 5.93. The highest BCUT2D eigenvalue weighted by Gasteiger charge is 2.31. The molecule has 0 atom stereocenters. The van der Waals surface area contributed by atoms with E-state index in [0.29, 0.717) is 28.1 Å². The number of aromatic nitrogens is 2. The Morgan fingerprint density at radius 1 is 0.848 bits per heavy atom. The van der Waals surface area contributed by atoms with Gasteiger partial charge < -0.3 is 14.4 Å². The number of rotatable bonds is 5. The third-order valence-electron chi connectivity index (χ3n) is 6.04. The van der Waals surface area contributed by atoms with Crippen molar-refractivity contribution in [1.29, 1.82) is 0 Å². The van der Waals surface area contributed by atoms with Gasteiger partial charge in [0.2, 0.25) is 10.0 Å². The van der Waals surface area contributed by atoms with Crippen molar-refractivity contribution in [1.82, 2.24) is 18.3 Å². The zero-order valence-corrected chi connectivity index (χ0v) is 19.8. The number of nitrogens with zero attached hydrogens (tertiary/aromatic N) is 4. The topological polar surface area (TPSA) is 103 Å². The Balaban J connectivity index is 1.51. The number of amides is 1. The average Bonchev–Trinajstić information content (AvgIpc) is 3.06. The number of carbonyl (C=O) groups excluding carboxylic acids is 1. The summed E-state index contributed by atoms with van der Waals surface area (Å²) in [6.45, 7) is 0.872. The van der Waals surface area contributed by atoms with E-state index >= 15 is 0 Å². The molecule has 10 nitrogen and oxygen atoms in total. The zero-order chi connectivity index (χ0) is 23.9. The van der Waals surface area contributed by atoms with Crippen LogP contribution in [-0.4, -0.2) is 73.1 Å². The maximum Gasteiger partial charge on any atom is 0.328 e.